The van der Waals surface area contributed by atoms with Crippen LogP contribution in [0.5, 0.6) is 0 Å². The third-order valence-electron chi connectivity index (χ3n) is 1.57. The van der Waals surface area contributed by atoms with Crippen molar-refractivity contribution in [3.63, 3.8) is 0 Å². The molecule has 0 aliphatic carbocycles. The first-order valence-electron chi connectivity index (χ1n) is 3.99. The van der Waals surface area contributed by atoms with Crippen molar-refractivity contribution in [1.29, 1.82) is 0 Å². The molecule has 1 aliphatic rings. The maximum atomic E-state index is 4.29. The van der Waals surface area contributed by atoms with E-state index in [-0.39, 0.29) is 0 Å². The summed E-state index contributed by atoms with van der Waals surface area (Å²) in [5, 5.41) is 3.24. The summed E-state index contributed by atoms with van der Waals surface area (Å²) in [6.45, 7) is 4.92. The van der Waals surface area contributed by atoms with Gasteiger partial charge >= 0.3 is 0 Å². The van der Waals surface area contributed by atoms with E-state index in [9.17, 15) is 0 Å². The van der Waals surface area contributed by atoms with Gasteiger partial charge in [0, 0.05) is 12.1 Å². The Morgan fingerprint density at radius 1 is 1.64 bits per heavy atom. The van der Waals surface area contributed by atoms with Crippen molar-refractivity contribution < 1.29 is 0 Å². The largest absolute Gasteiger partial charge is 0.346 e. The molecule has 1 aliphatic heterocycles. The first-order chi connectivity index (χ1) is 5.36. The van der Waals surface area contributed by atoms with Crippen LogP contribution < -0.4 is 5.32 Å². The molecular weight excluding hydrogens is 136 g/mol. The standard InChI is InChI=1S/C9H14N2/c1-3-5-6-8-7-10-9(4-2)11-8/h3,5-6H,4,7H2,1-2H3,(H,10,11)/b5-3-,8-6+. The fourth-order valence-electron chi connectivity index (χ4n) is 0.952. The lowest BCUT2D eigenvalue weighted by atomic mass is 10.3. The molecule has 0 aromatic heterocycles. The van der Waals surface area contributed by atoms with E-state index >= 15 is 0 Å². The summed E-state index contributed by atoms with van der Waals surface area (Å²) < 4.78 is 0. The molecule has 0 amide bonds. The molecule has 0 unspecified atom stereocenters. The second-order valence-corrected chi connectivity index (χ2v) is 2.46. The number of aliphatic imine (C=N–C) groups is 1. The first kappa shape index (κ1) is 8.05. The molecule has 0 saturated carbocycles. The van der Waals surface area contributed by atoms with E-state index in [1.165, 1.54) is 5.70 Å². The highest BCUT2D eigenvalue weighted by atomic mass is 15.1. The molecule has 2 heteroatoms. The van der Waals surface area contributed by atoms with E-state index in [2.05, 4.69) is 23.3 Å². The van der Waals surface area contributed by atoms with Gasteiger partial charge in [-0.15, -0.1) is 0 Å². The smallest absolute Gasteiger partial charge is 0.101 e. The Hall–Kier alpha value is -1.05. The molecule has 60 valence electrons. The maximum Gasteiger partial charge on any atom is 0.101 e. The number of rotatable bonds is 2. The van der Waals surface area contributed by atoms with Crippen molar-refractivity contribution in [2.75, 3.05) is 6.54 Å². The molecule has 0 radical (unpaired) electrons. The third kappa shape index (κ3) is 2.22. The Morgan fingerprint density at radius 2 is 2.45 bits per heavy atom. The molecule has 1 rings (SSSR count). The predicted molar refractivity (Wildman–Crippen MR) is 48.6 cm³/mol. The quantitative estimate of drug-likeness (QED) is 0.638. The van der Waals surface area contributed by atoms with Gasteiger partial charge in [0.05, 0.1) is 6.54 Å². The van der Waals surface area contributed by atoms with Crippen LogP contribution in [0.2, 0.25) is 0 Å². The maximum absolute atomic E-state index is 4.29. The summed E-state index contributed by atoms with van der Waals surface area (Å²) in [4.78, 5) is 4.29. The van der Waals surface area contributed by atoms with Gasteiger partial charge < -0.3 is 5.32 Å². The van der Waals surface area contributed by atoms with Gasteiger partial charge in [-0.2, -0.15) is 0 Å². The van der Waals surface area contributed by atoms with E-state index in [1.54, 1.807) is 0 Å². The molecule has 1 N–H and O–H groups in total. The average Bonchev–Trinajstić information content (AvgIpc) is 2.48. The van der Waals surface area contributed by atoms with Gasteiger partial charge in [0.15, 0.2) is 0 Å². The number of hydrogen-bond acceptors (Lipinski definition) is 2. The molecule has 0 fully saturated rings. The van der Waals surface area contributed by atoms with Crippen molar-refractivity contribution >= 4 is 5.84 Å². The normalized spacial score (nSPS) is 20.9. The Labute approximate surface area is 67.7 Å². The molecule has 0 aromatic rings. The summed E-state index contributed by atoms with van der Waals surface area (Å²) in [7, 11) is 0. The van der Waals surface area contributed by atoms with Gasteiger partial charge in [-0.1, -0.05) is 19.1 Å². The van der Waals surface area contributed by atoms with Gasteiger partial charge in [0.25, 0.3) is 0 Å². The van der Waals surface area contributed by atoms with Crippen LogP contribution in [0.15, 0.2) is 28.9 Å². The minimum Gasteiger partial charge on any atom is -0.346 e. The predicted octanol–water partition coefficient (Wildman–Crippen LogP) is 1.86. The van der Waals surface area contributed by atoms with E-state index in [0.29, 0.717) is 0 Å². The highest BCUT2D eigenvalue weighted by Gasteiger charge is 2.05. The zero-order valence-electron chi connectivity index (χ0n) is 7.09. The van der Waals surface area contributed by atoms with Crippen molar-refractivity contribution in [3.8, 4) is 0 Å². The summed E-state index contributed by atoms with van der Waals surface area (Å²) in [5.41, 5.74) is 1.19. The van der Waals surface area contributed by atoms with Crippen LogP contribution in [0.3, 0.4) is 0 Å². The Bertz CT molecular complexity index is 212. The monoisotopic (exact) mass is 150 g/mol. The van der Waals surface area contributed by atoms with Gasteiger partial charge in [-0.3, -0.25) is 4.99 Å². The number of nitrogens with one attached hydrogen (secondary N) is 1. The van der Waals surface area contributed by atoms with Crippen LogP contribution >= 0.6 is 0 Å². The number of allylic oxidation sites excluding steroid dienone is 3. The lowest BCUT2D eigenvalue weighted by Gasteiger charge is -1.97. The molecule has 0 bridgehead atoms. The van der Waals surface area contributed by atoms with Gasteiger partial charge in [-0.05, 0) is 13.0 Å². The minimum absolute atomic E-state index is 0.813. The Kier molecular flexibility index (Phi) is 2.90. The third-order valence-corrected chi connectivity index (χ3v) is 1.57. The van der Waals surface area contributed by atoms with E-state index in [4.69, 9.17) is 0 Å². The van der Waals surface area contributed by atoms with Gasteiger partial charge in [0.1, 0.15) is 5.84 Å². The van der Waals surface area contributed by atoms with E-state index in [0.717, 1.165) is 18.8 Å². The second kappa shape index (κ2) is 3.96. The van der Waals surface area contributed by atoms with Gasteiger partial charge in [-0.25, -0.2) is 0 Å². The zero-order valence-corrected chi connectivity index (χ0v) is 7.09. The van der Waals surface area contributed by atoms with Crippen LogP contribution in [0.4, 0.5) is 0 Å². The van der Waals surface area contributed by atoms with Crippen LogP contribution in [-0.2, 0) is 0 Å². The van der Waals surface area contributed by atoms with Gasteiger partial charge in [0.2, 0.25) is 0 Å². The Morgan fingerprint density at radius 3 is 3.00 bits per heavy atom. The van der Waals surface area contributed by atoms with Crippen molar-refractivity contribution in [1.82, 2.24) is 5.32 Å². The van der Waals surface area contributed by atoms with Crippen LogP contribution in [0, 0.1) is 0 Å². The summed E-state index contributed by atoms with van der Waals surface area (Å²) in [6.07, 6.45) is 7.09. The minimum atomic E-state index is 0.813. The topological polar surface area (TPSA) is 24.4 Å². The average molecular weight is 150 g/mol. The molecule has 1 heterocycles. The molecule has 2 nitrogen and oxygen atoms in total. The lowest BCUT2D eigenvalue weighted by molar-refractivity contribution is 1.09. The number of nitrogens with zero attached hydrogens (tertiary/aromatic N) is 1. The molecular formula is C9H14N2. The summed E-state index contributed by atoms with van der Waals surface area (Å²) >= 11 is 0. The highest BCUT2D eigenvalue weighted by molar-refractivity contribution is 5.85. The highest BCUT2D eigenvalue weighted by Crippen LogP contribution is 2.01. The summed E-state index contributed by atoms with van der Waals surface area (Å²) in [5.74, 6) is 1.10. The molecule has 11 heavy (non-hydrogen) atoms. The fourth-order valence-corrected chi connectivity index (χ4v) is 0.952. The summed E-state index contributed by atoms with van der Waals surface area (Å²) in [6, 6.07) is 0. The molecule has 0 atom stereocenters. The number of amidine groups is 1. The van der Waals surface area contributed by atoms with Crippen molar-refractivity contribution in [3.05, 3.63) is 23.9 Å². The molecule has 0 aromatic carbocycles. The lowest BCUT2D eigenvalue weighted by Crippen LogP contribution is -2.15. The Balaban J connectivity index is 2.46. The molecule has 0 saturated heterocycles. The van der Waals surface area contributed by atoms with Crippen molar-refractivity contribution in [2.45, 2.75) is 20.3 Å². The SMILES string of the molecule is C/C=C\C=C1/CN=C(CC)N1. The van der Waals surface area contributed by atoms with Crippen molar-refractivity contribution in [2.24, 2.45) is 4.99 Å². The first-order valence-corrected chi connectivity index (χ1v) is 3.99. The zero-order chi connectivity index (χ0) is 8.10. The van der Waals surface area contributed by atoms with Crippen LogP contribution in [0.1, 0.15) is 20.3 Å². The van der Waals surface area contributed by atoms with E-state index < -0.39 is 0 Å². The van der Waals surface area contributed by atoms with Crippen LogP contribution in [-0.4, -0.2) is 12.4 Å². The fraction of sp³-hybridized carbons (Fsp3) is 0.444. The second-order valence-electron chi connectivity index (χ2n) is 2.46. The van der Waals surface area contributed by atoms with Crippen LogP contribution in [0.25, 0.3) is 0 Å². The van der Waals surface area contributed by atoms with E-state index in [1.807, 2.05) is 19.1 Å². The molecule has 0 spiro atoms. The number of hydrogen-bond donors (Lipinski definition) is 1.